The molecule has 1 rings (SSSR count). The van der Waals surface area contributed by atoms with Gasteiger partial charge in [0.05, 0.1) is 12.2 Å². The smallest absolute Gasteiger partial charge is 0.0598 e. The van der Waals surface area contributed by atoms with Gasteiger partial charge < -0.3 is 9.64 Å². The van der Waals surface area contributed by atoms with Crippen molar-refractivity contribution in [3.05, 3.63) is 0 Å². The Balaban J connectivity index is 2.16. The van der Waals surface area contributed by atoms with Gasteiger partial charge in [-0.3, -0.25) is 0 Å². The fourth-order valence-electron chi connectivity index (χ4n) is 1.53. The highest BCUT2D eigenvalue weighted by Crippen LogP contribution is 2.17. The third-order valence-electron chi connectivity index (χ3n) is 2.24. The van der Waals surface area contributed by atoms with Crippen LogP contribution >= 0.6 is 0 Å². The van der Waals surface area contributed by atoms with E-state index in [9.17, 15) is 0 Å². The van der Waals surface area contributed by atoms with Gasteiger partial charge in [0.25, 0.3) is 0 Å². The van der Waals surface area contributed by atoms with E-state index < -0.39 is 0 Å². The first kappa shape index (κ1) is 10.0. The second-order valence-corrected chi connectivity index (χ2v) is 4.84. The van der Waals surface area contributed by atoms with Crippen LogP contribution in [0.4, 0.5) is 0 Å². The zero-order chi connectivity index (χ0) is 9.19. The van der Waals surface area contributed by atoms with Crippen LogP contribution in [0.1, 0.15) is 27.2 Å². The van der Waals surface area contributed by atoms with Crippen molar-refractivity contribution in [1.29, 1.82) is 0 Å². The maximum absolute atomic E-state index is 5.73. The largest absolute Gasteiger partial charge is 0.376 e. The lowest BCUT2D eigenvalue weighted by Gasteiger charge is -2.22. The molecule has 2 heteroatoms. The maximum Gasteiger partial charge on any atom is 0.0598 e. The lowest BCUT2D eigenvalue weighted by molar-refractivity contribution is -0.0202. The fourth-order valence-corrected chi connectivity index (χ4v) is 1.53. The molecule has 1 aliphatic rings. The zero-order valence-electron chi connectivity index (χ0n) is 8.76. The zero-order valence-corrected chi connectivity index (χ0v) is 8.76. The number of likely N-dealkylation sites (tertiary alicyclic amines) is 1. The van der Waals surface area contributed by atoms with Gasteiger partial charge in [-0.25, -0.2) is 0 Å². The molecule has 1 heterocycles. The highest BCUT2D eigenvalue weighted by molar-refractivity contribution is 4.73. The molecule has 0 amide bonds. The summed E-state index contributed by atoms with van der Waals surface area (Å²) in [6.45, 7) is 9.71. The lowest BCUT2D eigenvalue weighted by Crippen LogP contribution is -2.24. The predicted octanol–water partition coefficient (Wildman–Crippen LogP) is 1.75. The molecule has 0 aromatic rings. The molecule has 72 valence electrons. The lowest BCUT2D eigenvalue weighted by atomic mass is 10.1. The Morgan fingerprint density at radius 2 is 2.08 bits per heavy atom. The van der Waals surface area contributed by atoms with Crippen molar-refractivity contribution in [1.82, 2.24) is 4.90 Å². The summed E-state index contributed by atoms with van der Waals surface area (Å²) < 4.78 is 5.73. The molecule has 1 fully saturated rings. The number of hydrogen-bond acceptors (Lipinski definition) is 2. The molecule has 0 bridgehead atoms. The summed E-state index contributed by atoms with van der Waals surface area (Å²) in [6.07, 6.45) is 1.30. The first-order valence-corrected chi connectivity index (χ1v) is 4.80. The van der Waals surface area contributed by atoms with Gasteiger partial charge in [-0.2, -0.15) is 0 Å². The van der Waals surface area contributed by atoms with Crippen molar-refractivity contribution in [3.8, 4) is 0 Å². The monoisotopic (exact) mass is 171 g/mol. The van der Waals surface area contributed by atoms with E-state index >= 15 is 0 Å². The molecule has 0 aliphatic carbocycles. The van der Waals surface area contributed by atoms with E-state index in [2.05, 4.69) is 32.7 Å². The van der Waals surface area contributed by atoms with E-state index in [1.165, 1.54) is 19.5 Å². The summed E-state index contributed by atoms with van der Waals surface area (Å²) in [5.41, 5.74) is 0.0289. The van der Waals surface area contributed by atoms with Gasteiger partial charge >= 0.3 is 0 Å². The number of nitrogens with zero attached hydrogens (tertiary/aromatic N) is 1. The van der Waals surface area contributed by atoms with Crippen LogP contribution in [0.2, 0.25) is 0 Å². The standard InChI is InChI=1S/C10H21NO/c1-10(2,3)12-8-9-5-6-11(4)7-9/h9H,5-8H2,1-4H3/t9-/m0/s1. The van der Waals surface area contributed by atoms with Crippen LogP contribution in [0, 0.1) is 5.92 Å². The predicted molar refractivity (Wildman–Crippen MR) is 51.3 cm³/mol. The Kier molecular flexibility index (Phi) is 3.13. The van der Waals surface area contributed by atoms with Gasteiger partial charge in [0.15, 0.2) is 0 Å². The molecule has 2 nitrogen and oxygen atoms in total. The molecule has 12 heavy (non-hydrogen) atoms. The average Bonchev–Trinajstić information content (AvgIpc) is 2.30. The van der Waals surface area contributed by atoms with Crippen molar-refractivity contribution in [2.24, 2.45) is 5.92 Å². The van der Waals surface area contributed by atoms with E-state index in [4.69, 9.17) is 4.74 Å². The maximum atomic E-state index is 5.73. The van der Waals surface area contributed by atoms with Crippen molar-refractivity contribution in [3.63, 3.8) is 0 Å². The van der Waals surface area contributed by atoms with Gasteiger partial charge in [0.1, 0.15) is 0 Å². The van der Waals surface area contributed by atoms with Crippen molar-refractivity contribution >= 4 is 0 Å². The summed E-state index contributed by atoms with van der Waals surface area (Å²) in [6, 6.07) is 0. The van der Waals surface area contributed by atoms with Crippen LogP contribution in [0.25, 0.3) is 0 Å². The first-order chi connectivity index (χ1) is 5.47. The van der Waals surface area contributed by atoms with Crippen LogP contribution < -0.4 is 0 Å². The fraction of sp³-hybridized carbons (Fsp3) is 1.00. The Morgan fingerprint density at radius 3 is 2.50 bits per heavy atom. The minimum Gasteiger partial charge on any atom is -0.376 e. The summed E-state index contributed by atoms with van der Waals surface area (Å²) in [4.78, 5) is 2.37. The molecular formula is C10H21NO. The third kappa shape index (κ3) is 3.55. The molecule has 0 saturated carbocycles. The number of hydrogen-bond donors (Lipinski definition) is 0. The molecular weight excluding hydrogens is 150 g/mol. The Labute approximate surface area is 75.9 Å². The Hall–Kier alpha value is -0.0800. The number of rotatable bonds is 2. The van der Waals surface area contributed by atoms with Gasteiger partial charge in [0, 0.05) is 6.54 Å². The third-order valence-corrected chi connectivity index (χ3v) is 2.24. The summed E-state index contributed by atoms with van der Waals surface area (Å²) in [7, 11) is 2.18. The highest BCUT2D eigenvalue weighted by Gasteiger charge is 2.21. The van der Waals surface area contributed by atoms with E-state index in [0.717, 1.165) is 12.5 Å². The molecule has 0 N–H and O–H groups in total. The summed E-state index contributed by atoms with van der Waals surface area (Å²) >= 11 is 0. The van der Waals surface area contributed by atoms with Gasteiger partial charge in [-0.15, -0.1) is 0 Å². The van der Waals surface area contributed by atoms with Crippen molar-refractivity contribution in [2.75, 3.05) is 26.7 Å². The quantitative estimate of drug-likeness (QED) is 0.627. The second-order valence-electron chi connectivity index (χ2n) is 4.84. The van der Waals surface area contributed by atoms with E-state index in [0.29, 0.717) is 0 Å². The minimum atomic E-state index is 0.0289. The van der Waals surface area contributed by atoms with Crippen LogP contribution in [-0.2, 0) is 4.74 Å². The molecule has 0 unspecified atom stereocenters. The molecule has 1 aliphatic heterocycles. The first-order valence-electron chi connectivity index (χ1n) is 4.80. The Morgan fingerprint density at radius 1 is 1.42 bits per heavy atom. The average molecular weight is 171 g/mol. The summed E-state index contributed by atoms with van der Waals surface area (Å²) in [5, 5.41) is 0. The molecule has 1 atom stereocenters. The molecule has 0 radical (unpaired) electrons. The van der Waals surface area contributed by atoms with Gasteiger partial charge in [-0.05, 0) is 46.7 Å². The van der Waals surface area contributed by atoms with Crippen LogP contribution in [0.3, 0.4) is 0 Å². The summed E-state index contributed by atoms with van der Waals surface area (Å²) in [5.74, 6) is 0.759. The highest BCUT2D eigenvalue weighted by atomic mass is 16.5. The molecule has 0 spiro atoms. The van der Waals surface area contributed by atoms with Crippen LogP contribution in [0.5, 0.6) is 0 Å². The molecule has 0 aromatic heterocycles. The molecule has 0 aromatic carbocycles. The molecule has 1 saturated heterocycles. The van der Waals surface area contributed by atoms with E-state index in [1.54, 1.807) is 0 Å². The van der Waals surface area contributed by atoms with E-state index in [-0.39, 0.29) is 5.60 Å². The minimum absolute atomic E-state index is 0.0289. The number of ether oxygens (including phenoxy) is 1. The van der Waals surface area contributed by atoms with Crippen molar-refractivity contribution < 1.29 is 4.74 Å². The van der Waals surface area contributed by atoms with Crippen molar-refractivity contribution in [2.45, 2.75) is 32.8 Å². The van der Waals surface area contributed by atoms with Gasteiger partial charge in [-0.1, -0.05) is 0 Å². The van der Waals surface area contributed by atoms with Crippen LogP contribution in [0.15, 0.2) is 0 Å². The van der Waals surface area contributed by atoms with Crippen LogP contribution in [-0.4, -0.2) is 37.2 Å². The normalized spacial score (nSPS) is 26.5. The SMILES string of the molecule is CN1CC[C@H](COC(C)(C)C)C1. The topological polar surface area (TPSA) is 12.5 Å². The van der Waals surface area contributed by atoms with Gasteiger partial charge in [0.2, 0.25) is 0 Å². The Bertz CT molecular complexity index is 139. The van der Waals surface area contributed by atoms with E-state index in [1.807, 2.05) is 0 Å². The second kappa shape index (κ2) is 3.75.